The number of hydrogen-bond donors (Lipinski definition) is 0. The van der Waals surface area contributed by atoms with Gasteiger partial charge in [-0.1, -0.05) is 109 Å². The van der Waals surface area contributed by atoms with Gasteiger partial charge in [-0.2, -0.15) is 0 Å². The Hall–Kier alpha value is -6.20. The van der Waals surface area contributed by atoms with Gasteiger partial charge >= 0.3 is 0 Å². The van der Waals surface area contributed by atoms with E-state index in [1.807, 2.05) is 30.6 Å². The van der Waals surface area contributed by atoms with Crippen molar-refractivity contribution >= 4 is 43.5 Å². The largest absolute Gasteiger partial charge is 0.292 e. The fraction of sp³-hybridized carbons (Fsp3) is 0. The maximum atomic E-state index is 5.04. The highest BCUT2D eigenvalue weighted by molar-refractivity contribution is 6.22. The summed E-state index contributed by atoms with van der Waals surface area (Å²) in [6, 6.07) is 48.2. The van der Waals surface area contributed by atoms with Crippen molar-refractivity contribution in [1.29, 1.82) is 0 Å². The lowest BCUT2D eigenvalue weighted by atomic mass is 9.97. The average Bonchev–Trinajstić information content (AvgIpc) is 3.51. The number of hydrogen-bond acceptors (Lipinski definition) is 4. The predicted octanol–water partition coefficient (Wildman–Crippen LogP) is 9.67. The molecule has 9 rings (SSSR count). The van der Waals surface area contributed by atoms with E-state index in [0.29, 0.717) is 5.82 Å². The number of nitrogens with zero attached hydrogens (tertiary/aromatic N) is 5. The fourth-order valence-electron chi connectivity index (χ4n) is 6.36. The van der Waals surface area contributed by atoms with E-state index in [1.165, 1.54) is 16.2 Å². The van der Waals surface area contributed by atoms with Gasteiger partial charge in [0, 0.05) is 45.4 Å². The van der Waals surface area contributed by atoms with E-state index >= 15 is 0 Å². The van der Waals surface area contributed by atoms with Gasteiger partial charge in [0.15, 0.2) is 5.82 Å². The van der Waals surface area contributed by atoms with Crippen LogP contribution in [0.1, 0.15) is 0 Å². The van der Waals surface area contributed by atoms with Gasteiger partial charge in [0.05, 0.1) is 16.6 Å². The summed E-state index contributed by atoms with van der Waals surface area (Å²) in [6.07, 6.45) is 3.78. The zero-order valence-corrected chi connectivity index (χ0v) is 24.2. The molecule has 0 spiro atoms. The van der Waals surface area contributed by atoms with Crippen LogP contribution < -0.4 is 0 Å². The minimum atomic E-state index is 0.609. The lowest BCUT2D eigenvalue weighted by molar-refractivity contribution is 1.10. The molecule has 0 radical (unpaired) electrons. The van der Waals surface area contributed by atoms with Crippen LogP contribution in [0.5, 0.6) is 0 Å². The molecule has 0 unspecified atom stereocenters. The van der Waals surface area contributed by atoms with Crippen molar-refractivity contribution < 1.29 is 0 Å². The molecule has 0 saturated carbocycles. The van der Waals surface area contributed by atoms with Crippen LogP contribution in [0.3, 0.4) is 0 Å². The zero-order chi connectivity index (χ0) is 29.7. The Bertz CT molecular complexity index is 2500. The van der Waals surface area contributed by atoms with Crippen molar-refractivity contribution in [2.75, 3.05) is 0 Å². The van der Waals surface area contributed by atoms with E-state index in [-0.39, 0.29) is 0 Å². The van der Waals surface area contributed by atoms with Crippen LogP contribution in [0.4, 0.5) is 0 Å². The van der Waals surface area contributed by atoms with Gasteiger partial charge in [-0.05, 0) is 46.7 Å². The predicted molar refractivity (Wildman–Crippen MR) is 183 cm³/mol. The third-order valence-electron chi connectivity index (χ3n) is 8.51. The molecule has 0 atom stereocenters. The molecule has 3 heterocycles. The molecular formula is C40H25N5. The number of para-hydroxylation sites is 4. The maximum Gasteiger partial charge on any atom is 0.178 e. The Balaban J connectivity index is 1.11. The van der Waals surface area contributed by atoms with Gasteiger partial charge < -0.3 is 0 Å². The van der Waals surface area contributed by atoms with E-state index in [1.54, 1.807) is 0 Å². The Morgan fingerprint density at radius 1 is 0.444 bits per heavy atom. The zero-order valence-electron chi connectivity index (χ0n) is 24.2. The van der Waals surface area contributed by atoms with E-state index in [9.17, 15) is 0 Å². The van der Waals surface area contributed by atoms with Crippen LogP contribution in [0.25, 0.3) is 83.2 Å². The molecule has 5 nitrogen and oxygen atoms in total. The summed E-state index contributed by atoms with van der Waals surface area (Å²) in [4.78, 5) is 19.7. The summed E-state index contributed by atoms with van der Waals surface area (Å²) < 4.78 is 2.21. The van der Waals surface area contributed by atoms with Gasteiger partial charge in [0.1, 0.15) is 11.5 Å². The monoisotopic (exact) mass is 575 g/mol. The number of imidazole rings is 1. The molecule has 0 aliphatic rings. The van der Waals surface area contributed by atoms with E-state index in [4.69, 9.17) is 19.9 Å². The van der Waals surface area contributed by atoms with Crippen molar-refractivity contribution in [1.82, 2.24) is 24.5 Å². The van der Waals surface area contributed by atoms with Gasteiger partial charge in [-0.25, -0.2) is 19.9 Å². The summed E-state index contributed by atoms with van der Waals surface area (Å²) in [7, 11) is 0. The summed E-state index contributed by atoms with van der Waals surface area (Å²) in [6.45, 7) is 0. The molecule has 6 aromatic carbocycles. The minimum Gasteiger partial charge on any atom is -0.292 e. The quantitative estimate of drug-likeness (QED) is 0.196. The number of pyridine rings is 1. The van der Waals surface area contributed by atoms with Crippen molar-refractivity contribution in [2.45, 2.75) is 0 Å². The van der Waals surface area contributed by atoms with Crippen LogP contribution in [0.15, 0.2) is 152 Å². The van der Waals surface area contributed by atoms with Crippen LogP contribution in [-0.4, -0.2) is 24.5 Å². The highest BCUT2D eigenvalue weighted by atomic mass is 15.1. The summed E-state index contributed by atoms with van der Waals surface area (Å²) in [5.74, 6) is 1.51. The summed E-state index contributed by atoms with van der Waals surface area (Å²) in [5, 5.41) is 5.76. The second kappa shape index (κ2) is 10.2. The van der Waals surface area contributed by atoms with E-state index in [2.05, 4.69) is 126 Å². The number of rotatable bonds is 4. The second-order valence-corrected chi connectivity index (χ2v) is 11.2. The third-order valence-corrected chi connectivity index (χ3v) is 8.51. The van der Waals surface area contributed by atoms with E-state index < -0.39 is 0 Å². The molecule has 0 bridgehead atoms. The molecule has 45 heavy (non-hydrogen) atoms. The molecule has 0 fully saturated rings. The lowest BCUT2D eigenvalue weighted by Crippen LogP contribution is -1.97. The Labute approximate surface area is 259 Å². The van der Waals surface area contributed by atoms with Gasteiger partial charge in [-0.15, -0.1) is 0 Å². The molecule has 0 aliphatic carbocycles. The van der Waals surface area contributed by atoms with Crippen molar-refractivity contribution in [3.8, 4) is 39.7 Å². The first kappa shape index (κ1) is 25.3. The van der Waals surface area contributed by atoms with Crippen molar-refractivity contribution in [3.63, 3.8) is 0 Å². The lowest BCUT2D eigenvalue weighted by Gasteiger charge is -2.12. The highest BCUT2D eigenvalue weighted by Gasteiger charge is 2.16. The normalized spacial score (nSPS) is 11.6. The Morgan fingerprint density at radius 2 is 1.11 bits per heavy atom. The van der Waals surface area contributed by atoms with Crippen molar-refractivity contribution in [3.05, 3.63) is 152 Å². The smallest absolute Gasteiger partial charge is 0.178 e. The molecule has 0 aliphatic heterocycles. The number of aromatic nitrogens is 5. The number of fused-ring (bicyclic) bond motifs is 6. The topological polar surface area (TPSA) is 56.5 Å². The maximum absolute atomic E-state index is 5.04. The van der Waals surface area contributed by atoms with Crippen LogP contribution in [0.2, 0.25) is 0 Å². The molecule has 3 aromatic heterocycles. The molecule has 210 valence electrons. The summed E-state index contributed by atoms with van der Waals surface area (Å²) in [5.41, 5.74) is 7.86. The number of benzene rings is 6. The second-order valence-electron chi connectivity index (χ2n) is 11.2. The van der Waals surface area contributed by atoms with Crippen LogP contribution >= 0.6 is 0 Å². The fourth-order valence-corrected chi connectivity index (χ4v) is 6.36. The SMILES string of the molecule is c1ccc(-n2c(-c3ccc(-c4cnc(-c5nc6ccccc6c6c5ccc5ccccc56)nc4)cc3)nc3ccccc32)cc1. The standard InChI is InChI=1S/C40H25N5/c1-2-11-30(12-3-1)45-36-17-9-8-16-35(36)44-40(45)28-20-18-26(19-21-28)29-24-41-39(42-25-29)38-33-23-22-27-10-4-5-13-31(27)37(33)32-14-6-7-15-34(32)43-38/h1-25H. The molecule has 0 amide bonds. The summed E-state index contributed by atoms with van der Waals surface area (Å²) >= 11 is 0. The molecule has 0 saturated heterocycles. The molecule has 9 aromatic rings. The minimum absolute atomic E-state index is 0.609. The van der Waals surface area contributed by atoms with Gasteiger partial charge in [0.2, 0.25) is 0 Å². The van der Waals surface area contributed by atoms with E-state index in [0.717, 1.165) is 61.2 Å². The Kier molecular flexibility index (Phi) is 5.74. The van der Waals surface area contributed by atoms with Crippen LogP contribution in [-0.2, 0) is 0 Å². The van der Waals surface area contributed by atoms with Gasteiger partial charge in [0.25, 0.3) is 0 Å². The highest BCUT2D eigenvalue weighted by Crippen LogP contribution is 2.36. The first-order valence-corrected chi connectivity index (χ1v) is 15.0. The molecular weight excluding hydrogens is 550 g/mol. The molecule has 5 heteroatoms. The third kappa shape index (κ3) is 4.17. The average molecular weight is 576 g/mol. The Morgan fingerprint density at radius 3 is 1.93 bits per heavy atom. The molecule has 0 N–H and O–H groups in total. The van der Waals surface area contributed by atoms with Crippen LogP contribution in [0, 0.1) is 0 Å². The first-order valence-electron chi connectivity index (χ1n) is 15.0. The first-order chi connectivity index (χ1) is 22.3. The van der Waals surface area contributed by atoms with Gasteiger partial charge in [-0.3, -0.25) is 4.57 Å². The van der Waals surface area contributed by atoms with Crippen molar-refractivity contribution in [2.24, 2.45) is 0 Å².